The lowest BCUT2D eigenvalue weighted by Gasteiger charge is -2.29. The van der Waals surface area contributed by atoms with Gasteiger partial charge in [0.1, 0.15) is 78.5 Å². The molecule has 0 aliphatic carbocycles. The number of rotatable bonds is 64. The Hall–Kier alpha value is -10.2. The Morgan fingerprint density at radius 2 is 0.721 bits per heavy atom. The number of aromatic amines is 1. The molecule has 37 heteroatoms. The van der Waals surface area contributed by atoms with Crippen molar-refractivity contribution in [2.24, 2.45) is 69.9 Å². The number of carbonyl (C=O) groups excluding carboxylic acids is 15. The van der Waals surface area contributed by atoms with E-state index >= 15 is 14.4 Å². The van der Waals surface area contributed by atoms with E-state index in [1.54, 1.807) is 78.1 Å². The largest absolute Gasteiger partial charge is 0.368 e. The molecule has 0 saturated carbocycles. The molecule has 0 bridgehead atoms. The van der Waals surface area contributed by atoms with Crippen LogP contribution < -0.4 is 109 Å². The van der Waals surface area contributed by atoms with Crippen molar-refractivity contribution in [3.63, 3.8) is 0 Å². The van der Waals surface area contributed by atoms with Crippen LogP contribution in [0.4, 0.5) is 0 Å². The number of unbranched alkanes of at least 4 members (excludes halogenated alkanes) is 5. The molecule has 27 N–H and O–H groups in total. The first-order chi connectivity index (χ1) is 60.9. The van der Waals surface area contributed by atoms with Gasteiger partial charge in [-0.25, -0.2) is 0 Å². The number of primary amides is 1. The summed E-state index contributed by atoms with van der Waals surface area (Å²) in [7, 11) is 6.11. The second kappa shape index (κ2) is 59.2. The molecule has 3 aromatic rings. The van der Waals surface area contributed by atoms with Crippen LogP contribution in [-0.4, -0.2) is 243 Å². The van der Waals surface area contributed by atoms with E-state index in [0.29, 0.717) is 100 Å². The van der Waals surface area contributed by atoms with Crippen molar-refractivity contribution >= 4 is 99.5 Å². The van der Waals surface area contributed by atoms with E-state index in [2.05, 4.69) is 79.4 Å². The molecular formula is C92H159N22O15+. The summed E-state index contributed by atoms with van der Waals surface area (Å²) < 4.78 is 0.628. The van der Waals surface area contributed by atoms with E-state index in [-0.39, 0.29) is 88.6 Å². The Bertz CT molecular complexity index is 4020. The Labute approximate surface area is 763 Å². The molecule has 1 heterocycles. The third-order valence-corrected chi connectivity index (χ3v) is 22.4. The number of para-hydroxylation sites is 1. The standard InChI is InChI=1S/C92H158N22O15/c1-17-59(12)78(90(127)100-53-75(115)101-60(13)80(117)111-76(57(8)9)92(129)110-72(49-56(6)7)86(123)105-68(39-25-30-44-95)84(121)112-77(58(10)11)91(128)106-70(79(98)116)47-54(2)3)113-85(122)69(40-26-31-45-96)102-82(119)66(38-24-29-43-94)103-88(125)73(50-61-33-19-18-20-34-61)109-87(124)71(48-55(4)5)108-83(120)67(41-27-32-46-114(14,15)16)104-89(126)74(107-81(118)64(97)36-23-28-42-93)51-62-52-99-65-37-22-21-35-63(62)65/h18-22,33-35,37,52,54-60,64,66-74,76-78,99H,17,23-32,36,38-51,53,93-97H2,1-16H3,(H15-,98,100,101,102,103,104,105,106,107,108,109,110,111,112,113,115,116,117,118,119,120,121,122,123,124,125,126,127,128,129)/p+1/t59-,60-,64-,66-,67-,68-,69-,70-,71-,72-,73-,74-,76-,77-,78-/m0/s1. The Morgan fingerprint density at radius 3 is 1.16 bits per heavy atom. The van der Waals surface area contributed by atoms with Gasteiger partial charge >= 0.3 is 0 Å². The molecule has 15 amide bonds. The second-order valence-electron chi connectivity index (χ2n) is 37.2. The van der Waals surface area contributed by atoms with Gasteiger partial charge in [0.15, 0.2) is 0 Å². The number of hydrogen-bond acceptors (Lipinski definition) is 20. The van der Waals surface area contributed by atoms with Crippen LogP contribution in [0, 0.1) is 35.5 Å². The lowest BCUT2D eigenvalue weighted by molar-refractivity contribution is -0.870. The average molecular weight is 1810 g/mol. The molecule has 0 aliphatic rings. The smallest absolute Gasteiger partial charge is 0.243 e. The van der Waals surface area contributed by atoms with Gasteiger partial charge in [0.05, 0.1) is 40.3 Å². The lowest BCUT2D eigenvalue weighted by atomic mass is 9.97. The fraction of sp³-hybridized carbons (Fsp3) is 0.685. The van der Waals surface area contributed by atoms with Gasteiger partial charge in [0.25, 0.3) is 0 Å². The second-order valence-corrected chi connectivity index (χ2v) is 37.2. The molecule has 0 fully saturated rings. The van der Waals surface area contributed by atoms with Gasteiger partial charge in [-0.3, -0.25) is 71.9 Å². The number of nitrogens with two attached hydrogens (primary N) is 6. The Kier molecular flexibility index (Phi) is 51.8. The van der Waals surface area contributed by atoms with Crippen molar-refractivity contribution < 1.29 is 76.4 Å². The summed E-state index contributed by atoms with van der Waals surface area (Å²) in [6.07, 6.45) is 7.86. The summed E-state index contributed by atoms with van der Waals surface area (Å²) in [5.74, 6) is -13.0. The Balaban J connectivity index is 1.90. The zero-order chi connectivity index (χ0) is 96.8. The first-order valence-corrected chi connectivity index (χ1v) is 46.3. The third kappa shape index (κ3) is 42.5. The highest BCUT2D eigenvalue weighted by molar-refractivity contribution is 6.01. The summed E-state index contributed by atoms with van der Waals surface area (Å²) >= 11 is 0. The van der Waals surface area contributed by atoms with Gasteiger partial charge in [0.2, 0.25) is 88.6 Å². The Morgan fingerprint density at radius 1 is 0.364 bits per heavy atom. The van der Waals surface area contributed by atoms with Gasteiger partial charge in [-0.15, -0.1) is 0 Å². The number of nitrogens with zero attached hydrogens (tertiary/aromatic N) is 1. The zero-order valence-corrected chi connectivity index (χ0v) is 79.4. The molecule has 129 heavy (non-hydrogen) atoms. The maximum absolute atomic E-state index is 15.1. The van der Waals surface area contributed by atoms with Gasteiger partial charge < -0.3 is 118 Å². The third-order valence-electron chi connectivity index (χ3n) is 22.4. The fourth-order valence-electron chi connectivity index (χ4n) is 14.7. The number of quaternary nitrogens is 1. The highest BCUT2D eigenvalue weighted by Crippen LogP contribution is 2.22. The van der Waals surface area contributed by atoms with Crippen molar-refractivity contribution in [2.75, 3.05) is 60.4 Å². The molecule has 3 rings (SSSR count). The maximum Gasteiger partial charge on any atom is 0.243 e. The van der Waals surface area contributed by atoms with Crippen LogP contribution in [0.1, 0.15) is 223 Å². The molecule has 0 unspecified atom stereocenters. The summed E-state index contributed by atoms with van der Waals surface area (Å²) in [5, 5.41) is 39.5. The van der Waals surface area contributed by atoms with Crippen LogP contribution >= 0.6 is 0 Å². The first-order valence-electron chi connectivity index (χ1n) is 46.3. The minimum absolute atomic E-state index is 0.00537. The lowest BCUT2D eigenvalue weighted by Crippen LogP contribution is -2.61. The highest BCUT2D eigenvalue weighted by atomic mass is 16.2. The molecule has 2 aromatic carbocycles. The zero-order valence-electron chi connectivity index (χ0n) is 79.4. The van der Waals surface area contributed by atoms with Crippen LogP contribution in [0.3, 0.4) is 0 Å². The van der Waals surface area contributed by atoms with Crippen LogP contribution in [0.5, 0.6) is 0 Å². The molecule has 0 saturated heterocycles. The van der Waals surface area contributed by atoms with Gasteiger partial charge in [-0.2, -0.15) is 0 Å². The molecule has 0 radical (unpaired) electrons. The molecule has 37 nitrogen and oxygen atoms in total. The molecule has 15 atom stereocenters. The number of fused-ring (bicyclic) bond motifs is 1. The average Bonchev–Trinajstić information content (AvgIpc) is 1.73. The molecular weight excluding hydrogens is 1650 g/mol. The summed E-state index contributed by atoms with van der Waals surface area (Å²) in [6.45, 7) is 23.8. The van der Waals surface area contributed by atoms with Crippen molar-refractivity contribution in [1.29, 1.82) is 0 Å². The number of amides is 15. The van der Waals surface area contributed by atoms with E-state index in [4.69, 9.17) is 34.4 Å². The van der Waals surface area contributed by atoms with E-state index in [0.717, 1.165) is 23.0 Å². The number of hydrogen-bond donors (Lipinski definition) is 21. The quantitative estimate of drug-likeness (QED) is 0.0278. The first kappa shape index (κ1) is 113. The van der Waals surface area contributed by atoms with E-state index in [1.165, 1.54) is 6.92 Å². The van der Waals surface area contributed by atoms with Crippen molar-refractivity contribution in [3.8, 4) is 0 Å². The summed E-state index contributed by atoms with van der Waals surface area (Å²) in [5.41, 5.74) is 37.6. The van der Waals surface area contributed by atoms with E-state index < -0.39 is 197 Å². The SMILES string of the molecule is CC[C@H](C)[C@H](NC(=O)[C@H](CCCCN)NC(=O)[C@H](CCCCN)NC(=O)[C@H](Cc1ccccc1)NC(=O)[C@H](CC(C)C)NC(=O)[C@H](CCCC[N+](C)(C)C)NC(=O)[C@H](Cc1c[nH]c2ccccc12)NC(=O)[C@@H](N)CCCCN)C(=O)NCC(=O)N[C@@H](C)C(=O)N[C@H](C(=O)N[C@@H](CC(C)C)C(=O)N[C@@H](CCCCN)C(=O)N[C@H](C(=O)N[C@@H](CC(C)C)C(N)=O)C(C)C)C(C)C. The molecule has 0 spiro atoms. The number of benzene rings is 2. The topological polar surface area (TPSA) is 596 Å². The van der Waals surface area contributed by atoms with Crippen molar-refractivity contribution in [1.82, 2.24) is 79.4 Å². The molecule has 0 aliphatic heterocycles. The normalized spacial score (nSPS) is 15.1. The minimum Gasteiger partial charge on any atom is -0.368 e. The summed E-state index contributed by atoms with van der Waals surface area (Å²) in [6, 6.07) is -0.837. The predicted molar refractivity (Wildman–Crippen MR) is 499 cm³/mol. The monoisotopic (exact) mass is 1810 g/mol. The highest BCUT2D eigenvalue weighted by Gasteiger charge is 2.40. The summed E-state index contributed by atoms with van der Waals surface area (Å²) in [4.78, 5) is 217. The van der Waals surface area contributed by atoms with Gasteiger partial charge in [0, 0.05) is 29.9 Å². The number of carbonyl (C=O) groups is 15. The maximum atomic E-state index is 15.1. The van der Waals surface area contributed by atoms with Crippen molar-refractivity contribution in [2.45, 2.75) is 309 Å². The van der Waals surface area contributed by atoms with Gasteiger partial charge in [-0.05, 0) is 195 Å². The van der Waals surface area contributed by atoms with E-state index in [1.807, 2.05) is 87.0 Å². The van der Waals surface area contributed by atoms with Gasteiger partial charge in [-0.1, -0.05) is 144 Å². The molecule has 726 valence electrons. The van der Waals surface area contributed by atoms with E-state index in [9.17, 15) is 57.5 Å². The van der Waals surface area contributed by atoms with Crippen molar-refractivity contribution in [3.05, 3.63) is 71.9 Å². The van der Waals surface area contributed by atoms with Crippen LogP contribution in [-0.2, 0) is 84.8 Å². The molecule has 1 aromatic heterocycles. The number of H-pyrrole nitrogens is 1. The fourth-order valence-corrected chi connectivity index (χ4v) is 14.7. The minimum atomic E-state index is -1.38. The number of aromatic nitrogens is 1. The van der Waals surface area contributed by atoms with Crippen LogP contribution in [0.25, 0.3) is 10.9 Å². The number of nitrogens with one attached hydrogen (secondary N) is 15. The predicted octanol–water partition coefficient (Wildman–Crippen LogP) is 1.09. The van der Waals surface area contributed by atoms with Crippen LogP contribution in [0.15, 0.2) is 60.8 Å². The van der Waals surface area contributed by atoms with Crippen LogP contribution in [0.2, 0.25) is 0 Å².